The Labute approximate surface area is 119 Å². The van der Waals surface area contributed by atoms with Gasteiger partial charge in [0.2, 0.25) is 5.91 Å². The van der Waals surface area contributed by atoms with E-state index in [1.807, 2.05) is 13.8 Å². The molecule has 0 fully saturated rings. The van der Waals surface area contributed by atoms with E-state index in [-0.39, 0.29) is 31.1 Å². The molecule has 1 unspecified atom stereocenters. The molecule has 114 valence electrons. The maximum atomic E-state index is 11.4. The Morgan fingerprint density at radius 2 is 1.60 bits per heavy atom. The SMILES string of the molecule is CCOC(=O)/C=C/C(=O)OCC(NC(=O)CC)C(C)C. The summed E-state index contributed by atoms with van der Waals surface area (Å²) in [6.07, 6.45) is 2.40. The average Bonchev–Trinajstić information content (AvgIpc) is 2.40. The van der Waals surface area contributed by atoms with Gasteiger partial charge in [-0.2, -0.15) is 0 Å². The number of hydrogen-bond acceptors (Lipinski definition) is 5. The molecule has 1 N–H and O–H groups in total. The van der Waals surface area contributed by atoms with E-state index in [2.05, 4.69) is 10.1 Å². The van der Waals surface area contributed by atoms with Crippen molar-refractivity contribution in [2.24, 2.45) is 5.92 Å². The van der Waals surface area contributed by atoms with Gasteiger partial charge in [0.05, 0.1) is 12.6 Å². The Kier molecular flexibility index (Phi) is 9.07. The van der Waals surface area contributed by atoms with Gasteiger partial charge in [-0.3, -0.25) is 4.79 Å². The molecule has 0 aromatic rings. The van der Waals surface area contributed by atoms with E-state index in [4.69, 9.17) is 4.74 Å². The molecule has 0 aliphatic carbocycles. The Balaban J connectivity index is 4.24. The highest BCUT2D eigenvalue weighted by atomic mass is 16.5. The third-order valence-electron chi connectivity index (χ3n) is 2.52. The van der Waals surface area contributed by atoms with Crippen LogP contribution in [-0.4, -0.2) is 37.1 Å². The van der Waals surface area contributed by atoms with Crippen LogP contribution in [0.15, 0.2) is 12.2 Å². The molecule has 0 aromatic heterocycles. The van der Waals surface area contributed by atoms with Crippen molar-refractivity contribution < 1.29 is 23.9 Å². The number of carbonyl (C=O) groups excluding carboxylic acids is 3. The first kappa shape index (κ1) is 18.1. The quantitative estimate of drug-likeness (QED) is 0.535. The normalized spacial score (nSPS) is 12.2. The van der Waals surface area contributed by atoms with Crippen LogP contribution in [0.3, 0.4) is 0 Å². The smallest absolute Gasteiger partial charge is 0.331 e. The summed E-state index contributed by atoms with van der Waals surface area (Å²) in [5, 5.41) is 2.77. The number of amides is 1. The third kappa shape index (κ3) is 8.29. The van der Waals surface area contributed by atoms with Crippen LogP contribution in [0.5, 0.6) is 0 Å². The van der Waals surface area contributed by atoms with Gasteiger partial charge in [-0.25, -0.2) is 9.59 Å². The highest BCUT2D eigenvalue weighted by Gasteiger charge is 2.17. The van der Waals surface area contributed by atoms with Gasteiger partial charge in [0.1, 0.15) is 6.61 Å². The molecule has 1 amide bonds. The summed E-state index contributed by atoms with van der Waals surface area (Å²) in [6, 6.07) is -0.248. The van der Waals surface area contributed by atoms with Crippen molar-refractivity contribution in [1.82, 2.24) is 5.32 Å². The minimum Gasteiger partial charge on any atom is -0.463 e. The standard InChI is InChI=1S/C14H23NO5/c1-5-12(16)15-11(10(3)4)9-20-14(18)8-7-13(17)19-6-2/h7-8,10-11H,5-6,9H2,1-4H3,(H,15,16)/b8-7+. The maximum absolute atomic E-state index is 11.4. The predicted octanol–water partition coefficient (Wildman–Crippen LogP) is 1.20. The number of hydrogen-bond donors (Lipinski definition) is 1. The van der Waals surface area contributed by atoms with Gasteiger partial charge >= 0.3 is 11.9 Å². The van der Waals surface area contributed by atoms with E-state index in [0.29, 0.717) is 6.42 Å². The second-order valence-corrected chi connectivity index (χ2v) is 4.49. The van der Waals surface area contributed by atoms with E-state index >= 15 is 0 Å². The number of esters is 2. The Hall–Kier alpha value is -1.85. The van der Waals surface area contributed by atoms with Crippen molar-refractivity contribution in [3.63, 3.8) is 0 Å². The predicted molar refractivity (Wildman–Crippen MR) is 73.8 cm³/mol. The van der Waals surface area contributed by atoms with Gasteiger partial charge in [-0.15, -0.1) is 0 Å². The van der Waals surface area contributed by atoms with Crippen molar-refractivity contribution >= 4 is 17.8 Å². The zero-order valence-corrected chi connectivity index (χ0v) is 12.5. The lowest BCUT2D eigenvalue weighted by Gasteiger charge is -2.21. The highest BCUT2D eigenvalue weighted by Crippen LogP contribution is 2.03. The summed E-state index contributed by atoms with van der Waals surface area (Å²) in [4.78, 5) is 33.7. The fourth-order valence-electron chi connectivity index (χ4n) is 1.26. The van der Waals surface area contributed by atoms with Crippen molar-refractivity contribution in [2.45, 2.75) is 40.2 Å². The topological polar surface area (TPSA) is 81.7 Å². The second-order valence-electron chi connectivity index (χ2n) is 4.49. The Bertz CT molecular complexity index is 363. The molecular formula is C14H23NO5. The minimum absolute atomic E-state index is 0.0649. The zero-order valence-electron chi connectivity index (χ0n) is 12.5. The molecule has 20 heavy (non-hydrogen) atoms. The van der Waals surface area contributed by atoms with Gasteiger partial charge in [0.15, 0.2) is 0 Å². The number of rotatable bonds is 8. The Morgan fingerprint density at radius 3 is 2.05 bits per heavy atom. The van der Waals surface area contributed by atoms with Crippen LogP contribution in [0.1, 0.15) is 34.1 Å². The summed E-state index contributed by atoms with van der Waals surface area (Å²) in [5.41, 5.74) is 0. The van der Waals surface area contributed by atoms with Crippen LogP contribution in [0.4, 0.5) is 0 Å². The fourth-order valence-corrected chi connectivity index (χ4v) is 1.26. The summed E-state index contributed by atoms with van der Waals surface area (Å²) < 4.78 is 9.62. The summed E-state index contributed by atoms with van der Waals surface area (Å²) in [6.45, 7) is 7.58. The van der Waals surface area contributed by atoms with Crippen molar-refractivity contribution in [3.05, 3.63) is 12.2 Å². The lowest BCUT2D eigenvalue weighted by atomic mass is 10.1. The van der Waals surface area contributed by atoms with E-state index in [9.17, 15) is 14.4 Å². The number of nitrogens with one attached hydrogen (secondary N) is 1. The van der Waals surface area contributed by atoms with Crippen LogP contribution in [-0.2, 0) is 23.9 Å². The fraction of sp³-hybridized carbons (Fsp3) is 0.643. The molecule has 0 spiro atoms. The number of ether oxygens (including phenoxy) is 2. The number of carbonyl (C=O) groups is 3. The van der Waals surface area contributed by atoms with Gasteiger partial charge in [0.25, 0.3) is 0 Å². The van der Waals surface area contributed by atoms with Crippen molar-refractivity contribution in [2.75, 3.05) is 13.2 Å². The Morgan fingerprint density at radius 1 is 1.05 bits per heavy atom. The van der Waals surface area contributed by atoms with Crippen LogP contribution < -0.4 is 5.32 Å². The van der Waals surface area contributed by atoms with E-state index in [1.165, 1.54) is 0 Å². The first-order valence-corrected chi connectivity index (χ1v) is 6.71. The maximum Gasteiger partial charge on any atom is 0.331 e. The van der Waals surface area contributed by atoms with Crippen molar-refractivity contribution in [1.29, 1.82) is 0 Å². The molecule has 0 aliphatic heterocycles. The first-order valence-electron chi connectivity index (χ1n) is 6.71. The van der Waals surface area contributed by atoms with Gasteiger partial charge in [-0.05, 0) is 12.8 Å². The summed E-state index contributed by atoms with van der Waals surface area (Å²) >= 11 is 0. The molecular weight excluding hydrogens is 262 g/mol. The van der Waals surface area contributed by atoms with E-state index in [1.54, 1.807) is 13.8 Å². The van der Waals surface area contributed by atoms with Crippen LogP contribution in [0, 0.1) is 5.92 Å². The van der Waals surface area contributed by atoms with Gasteiger partial charge < -0.3 is 14.8 Å². The van der Waals surface area contributed by atoms with Gasteiger partial charge in [-0.1, -0.05) is 20.8 Å². The van der Waals surface area contributed by atoms with Crippen LogP contribution in [0.2, 0.25) is 0 Å². The molecule has 0 aromatic carbocycles. The molecule has 1 atom stereocenters. The first-order chi connectivity index (χ1) is 9.40. The molecule has 0 saturated heterocycles. The van der Waals surface area contributed by atoms with Crippen LogP contribution in [0.25, 0.3) is 0 Å². The highest BCUT2D eigenvalue weighted by molar-refractivity contribution is 5.91. The summed E-state index contributed by atoms with van der Waals surface area (Å²) in [5.74, 6) is -1.20. The summed E-state index contributed by atoms with van der Waals surface area (Å²) in [7, 11) is 0. The lowest BCUT2D eigenvalue weighted by Crippen LogP contribution is -2.42. The molecule has 6 heteroatoms. The molecule has 0 bridgehead atoms. The van der Waals surface area contributed by atoms with E-state index < -0.39 is 11.9 Å². The lowest BCUT2D eigenvalue weighted by molar-refractivity contribution is -0.141. The molecule has 0 saturated carbocycles. The molecule has 0 rings (SSSR count). The molecule has 6 nitrogen and oxygen atoms in total. The average molecular weight is 285 g/mol. The van der Waals surface area contributed by atoms with Crippen LogP contribution >= 0.6 is 0 Å². The second kappa shape index (κ2) is 10.00. The largest absolute Gasteiger partial charge is 0.463 e. The minimum atomic E-state index is -0.644. The van der Waals surface area contributed by atoms with Gasteiger partial charge in [0, 0.05) is 18.6 Å². The monoisotopic (exact) mass is 285 g/mol. The molecule has 0 radical (unpaired) electrons. The third-order valence-corrected chi connectivity index (χ3v) is 2.52. The molecule has 0 aliphatic rings. The van der Waals surface area contributed by atoms with E-state index in [0.717, 1.165) is 12.2 Å². The molecule has 0 heterocycles. The zero-order chi connectivity index (χ0) is 15.5. The van der Waals surface area contributed by atoms with Crippen molar-refractivity contribution in [3.8, 4) is 0 Å².